The summed E-state index contributed by atoms with van der Waals surface area (Å²) < 4.78 is 48.8. The smallest absolute Gasteiger partial charge is 0.222 e. The van der Waals surface area contributed by atoms with Crippen molar-refractivity contribution in [2.75, 3.05) is 24.6 Å². The van der Waals surface area contributed by atoms with Crippen LogP contribution in [-0.4, -0.2) is 54.7 Å². The van der Waals surface area contributed by atoms with E-state index in [1.165, 1.54) is 18.2 Å². The third-order valence-corrected chi connectivity index (χ3v) is 10.7. The number of carbonyl (C=O) groups excluding carboxylic acids is 1. The van der Waals surface area contributed by atoms with E-state index in [2.05, 4.69) is 24.0 Å². The highest BCUT2D eigenvalue weighted by Gasteiger charge is 2.64. The number of nitrogens with zero attached hydrogens (tertiary/aromatic N) is 3. The van der Waals surface area contributed by atoms with E-state index in [4.69, 9.17) is 0 Å². The first kappa shape index (κ1) is 24.6. The summed E-state index contributed by atoms with van der Waals surface area (Å²) in [6.45, 7) is 7.40. The zero-order chi connectivity index (χ0) is 25.2. The van der Waals surface area contributed by atoms with E-state index in [9.17, 15) is 22.7 Å². The van der Waals surface area contributed by atoms with Crippen molar-refractivity contribution < 1.29 is 22.7 Å². The van der Waals surface area contributed by atoms with Gasteiger partial charge in [0.2, 0.25) is 5.91 Å². The van der Waals surface area contributed by atoms with E-state index in [1.54, 1.807) is 6.07 Å². The molecule has 2 fully saturated rings. The Hall–Kier alpha value is -2.10. The average Bonchev–Trinajstić information content (AvgIpc) is 3.33. The van der Waals surface area contributed by atoms with Gasteiger partial charge in [-0.25, -0.2) is 8.78 Å². The molecule has 0 spiro atoms. The first-order valence-corrected chi connectivity index (χ1v) is 14.2. The van der Waals surface area contributed by atoms with E-state index in [0.717, 1.165) is 24.1 Å². The molecule has 9 heteroatoms. The van der Waals surface area contributed by atoms with Gasteiger partial charge >= 0.3 is 0 Å². The van der Waals surface area contributed by atoms with Crippen LogP contribution in [0.15, 0.2) is 24.3 Å². The number of aromatic nitrogens is 2. The van der Waals surface area contributed by atoms with E-state index >= 15 is 0 Å². The molecule has 1 aromatic heterocycles. The number of carbonyl (C=O) groups is 1. The van der Waals surface area contributed by atoms with Crippen molar-refractivity contribution >= 4 is 16.5 Å². The largest absolute Gasteiger partial charge is 0.342 e. The summed E-state index contributed by atoms with van der Waals surface area (Å²) in [6, 6.07) is 5.57. The van der Waals surface area contributed by atoms with Gasteiger partial charge in [0.1, 0.15) is 11.6 Å². The molecule has 2 aliphatic carbocycles. The quantitative estimate of drug-likeness (QED) is 0.535. The van der Waals surface area contributed by atoms with Gasteiger partial charge < -0.3 is 4.90 Å². The maximum Gasteiger partial charge on any atom is 0.222 e. The molecular weight excluding hydrogens is 472 g/mol. The lowest BCUT2D eigenvalue weighted by molar-refractivity contribution is -0.133. The second-order valence-electron chi connectivity index (χ2n) is 11.0. The predicted octanol–water partition coefficient (Wildman–Crippen LogP) is 5.59. The lowest BCUT2D eigenvalue weighted by atomic mass is 9.68. The number of benzene rings is 1. The fourth-order valence-corrected chi connectivity index (χ4v) is 8.70. The Labute approximate surface area is 206 Å². The van der Waals surface area contributed by atoms with Crippen LogP contribution in [0.5, 0.6) is 0 Å². The minimum atomic E-state index is -2.54. The standard InChI is InChI=1S/C26H33F2N3O3S/c1-4-31(22(32)12-16-9-11-35(33,34)14-16)15-26-10-8-18(25(26,2)3)17-13-21(29-30-24(17)26)23-19(27)6-5-7-20(23)28/h5-7,13,16,18,33-34H,4,8-12,14-15H2,1-3H3/t16?,18-,26-/m0/s1. The second-order valence-corrected chi connectivity index (χ2v) is 13.3. The van der Waals surface area contributed by atoms with Crippen LogP contribution in [-0.2, 0) is 10.2 Å². The molecule has 3 aliphatic rings. The Morgan fingerprint density at radius 1 is 1.20 bits per heavy atom. The van der Waals surface area contributed by atoms with Crippen molar-refractivity contribution in [1.82, 2.24) is 15.1 Å². The molecular formula is C26H33F2N3O3S. The molecule has 1 aromatic carbocycles. The molecule has 6 nitrogen and oxygen atoms in total. The van der Waals surface area contributed by atoms with E-state index in [0.29, 0.717) is 37.4 Å². The number of rotatable bonds is 6. The summed E-state index contributed by atoms with van der Waals surface area (Å²) >= 11 is 0. The summed E-state index contributed by atoms with van der Waals surface area (Å²) in [5.41, 5.74) is 1.25. The van der Waals surface area contributed by atoms with Crippen LogP contribution in [0.4, 0.5) is 8.78 Å². The van der Waals surface area contributed by atoms with Crippen molar-refractivity contribution in [3.05, 3.63) is 47.2 Å². The fraction of sp³-hybridized carbons (Fsp3) is 0.577. The molecule has 190 valence electrons. The number of hydrogen-bond acceptors (Lipinski definition) is 5. The van der Waals surface area contributed by atoms with Crippen molar-refractivity contribution in [3.63, 3.8) is 0 Å². The van der Waals surface area contributed by atoms with Crippen molar-refractivity contribution in [3.8, 4) is 11.3 Å². The molecule has 1 saturated carbocycles. The van der Waals surface area contributed by atoms with Crippen LogP contribution >= 0.6 is 10.6 Å². The van der Waals surface area contributed by atoms with Crippen LogP contribution in [0.1, 0.15) is 63.6 Å². The van der Waals surface area contributed by atoms with Gasteiger partial charge in [-0.2, -0.15) is 20.8 Å². The number of halogens is 2. The third kappa shape index (κ3) is 3.86. The van der Waals surface area contributed by atoms with E-state index < -0.39 is 27.6 Å². The lowest BCUT2D eigenvalue weighted by Gasteiger charge is -2.41. The SMILES string of the molecule is CCN(C[C@@]12CC[C@@H](c3cc(-c4c(F)cccc4F)nnc31)C2(C)C)C(=O)CC1CCS(O)(O)C1. The Bertz CT molecular complexity index is 1150. The van der Waals surface area contributed by atoms with Crippen LogP contribution < -0.4 is 0 Å². The maximum absolute atomic E-state index is 14.4. The van der Waals surface area contributed by atoms with Gasteiger partial charge in [0.15, 0.2) is 0 Å². The van der Waals surface area contributed by atoms with Crippen LogP contribution in [0.2, 0.25) is 0 Å². The first-order valence-electron chi connectivity index (χ1n) is 12.3. The van der Waals surface area contributed by atoms with E-state index in [1.807, 2.05) is 11.8 Å². The average molecular weight is 506 g/mol. The fourth-order valence-electron chi connectivity index (χ4n) is 6.78. The normalized spacial score (nSPS) is 28.7. The Balaban J connectivity index is 1.45. The third-order valence-electron chi connectivity index (χ3n) is 8.85. The lowest BCUT2D eigenvalue weighted by Crippen LogP contribution is -2.48. The van der Waals surface area contributed by atoms with Gasteiger partial charge in [0, 0.05) is 36.4 Å². The van der Waals surface area contributed by atoms with Crippen molar-refractivity contribution in [2.24, 2.45) is 11.3 Å². The molecule has 2 heterocycles. The number of likely N-dealkylation sites (N-methyl/N-ethyl adjacent to an activating group) is 1. The molecule has 2 bridgehead atoms. The van der Waals surface area contributed by atoms with Gasteiger partial charge in [-0.1, -0.05) is 19.9 Å². The molecule has 5 rings (SSSR count). The minimum Gasteiger partial charge on any atom is -0.342 e. The molecule has 1 amide bonds. The van der Waals surface area contributed by atoms with Gasteiger partial charge in [-0.3, -0.25) is 13.9 Å². The first-order chi connectivity index (χ1) is 16.5. The summed E-state index contributed by atoms with van der Waals surface area (Å²) in [7, 11) is -2.54. The van der Waals surface area contributed by atoms with Gasteiger partial charge in [-0.15, -0.1) is 0 Å². The zero-order valence-electron chi connectivity index (χ0n) is 20.4. The molecule has 1 saturated heterocycles. The van der Waals surface area contributed by atoms with Crippen LogP contribution in [0, 0.1) is 23.0 Å². The van der Waals surface area contributed by atoms with Gasteiger partial charge in [-0.05, 0) is 67.2 Å². The summed E-state index contributed by atoms with van der Waals surface area (Å²) in [6.07, 6.45) is 2.76. The Morgan fingerprint density at radius 3 is 2.54 bits per heavy atom. The zero-order valence-corrected chi connectivity index (χ0v) is 21.2. The summed E-state index contributed by atoms with van der Waals surface area (Å²) in [5, 5.41) is 8.82. The van der Waals surface area contributed by atoms with E-state index in [-0.39, 0.29) is 34.4 Å². The summed E-state index contributed by atoms with van der Waals surface area (Å²) in [4.78, 5) is 15.2. The second kappa shape index (κ2) is 8.49. The highest BCUT2D eigenvalue weighted by Crippen LogP contribution is 2.67. The maximum atomic E-state index is 14.4. The Morgan fingerprint density at radius 2 is 1.91 bits per heavy atom. The summed E-state index contributed by atoms with van der Waals surface area (Å²) in [5.74, 6) is -0.460. The van der Waals surface area contributed by atoms with Crippen LogP contribution in [0.25, 0.3) is 11.3 Å². The molecule has 3 atom stereocenters. The number of fused-ring (bicyclic) bond motifs is 5. The molecule has 1 aliphatic heterocycles. The molecule has 2 N–H and O–H groups in total. The molecule has 2 aromatic rings. The van der Waals surface area contributed by atoms with Crippen LogP contribution in [0.3, 0.4) is 0 Å². The number of hydrogen-bond donors (Lipinski definition) is 2. The van der Waals surface area contributed by atoms with Crippen molar-refractivity contribution in [2.45, 2.75) is 57.8 Å². The molecule has 0 radical (unpaired) electrons. The van der Waals surface area contributed by atoms with Crippen molar-refractivity contribution in [1.29, 1.82) is 0 Å². The number of amides is 1. The monoisotopic (exact) mass is 505 g/mol. The molecule has 1 unspecified atom stereocenters. The topological polar surface area (TPSA) is 86.6 Å². The Kier molecular flexibility index (Phi) is 5.96. The minimum absolute atomic E-state index is 0.00253. The highest BCUT2D eigenvalue weighted by molar-refractivity contribution is 8.24. The highest BCUT2D eigenvalue weighted by atomic mass is 32.3. The predicted molar refractivity (Wildman–Crippen MR) is 132 cm³/mol. The van der Waals surface area contributed by atoms with Gasteiger partial charge in [0.05, 0.1) is 17.0 Å². The molecule has 35 heavy (non-hydrogen) atoms. The van der Waals surface area contributed by atoms with Gasteiger partial charge in [0.25, 0.3) is 0 Å².